The van der Waals surface area contributed by atoms with E-state index in [0.29, 0.717) is 11.1 Å². The third-order valence-corrected chi connectivity index (χ3v) is 6.75. The van der Waals surface area contributed by atoms with Crippen LogP contribution in [0, 0.1) is 11.8 Å². The van der Waals surface area contributed by atoms with E-state index in [2.05, 4.69) is 33.9 Å². The zero-order chi connectivity index (χ0) is 24.5. The molecule has 0 radical (unpaired) electrons. The van der Waals surface area contributed by atoms with Crippen molar-refractivity contribution in [1.82, 2.24) is 9.88 Å². The molecule has 4 rings (SSSR count). The lowest BCUT2D eigenvalue weighted by molar-refractivity contribution is 0.0540. The molecule has 2 aromatic carbocycles. The van der Waals surface area contributed by atoms with Gasteiger partial charge < -0.3 is 10.2 Å². The molecule has 0 spiro atoms. The zero-order valence-electron chi connectivity index (χ0n) is 19.8. The maximum Gasteiger partial charge on any atom is 0.113 e. The number of nitrogens with zero attached hydrogens (tertiary/aromatic N) is 2. The van der Waals surface area contributed by atoms with Gasteiger partial charge >= 0.3 is 0 Å². The molecular weight excluding hydrogens is 456 g/mol. The summed E-state index contributed by atoms with van der Waals surface area (Å²) in [6.07, 6.45) is 10.7. The lowest BCUT2D eigenvalue weighted by Crippen LogP contribution is -2.46. The van der Waals surface area contributed by atoms with Gasteiger partial charge in [-0.2, -0.15) is 0 Å². The number of aliphatic hydroxyl groups excluding tert-OH is 2. The Kier molecular flexibility index (Phi) is 9.11. The molecule has 0 atom stereocenters. The normalized spacial score (nSPS) is 14.1. The SMILES string of the molecule is OCC(CO)N(CC=Cc1ccc(C#Cc2ccc(-c3ccc(Cl)cc3)cn2)cc1)C1CCCC1. The Bertz CT molecular complexity index is 1150. The molecule has 1 heterocycles. The molecule has 1 aliphatic carbocycles. The molecule has 0 aliphatic heterocycles. The van der Waals surface area contributed by atoms with Gasteiger partial charge in [0.25, 0.3) is 0 Å². The second-order valence-electron chi connectivity index (χ2n) is 8.87. The van der Waals surface area contributed by atoms with Crippen LogP contribution in [-0.2, 0) is 0 Å². The van der Waals surface area contributed by atoms with Crippen LogP contribution >= 0.6 is 11.6 Å². The Labute approximate surface area is 212 Å². The minimum absolute atomic E-state index is 0.0209. The second kappa shape index (κ2) is 12.7. The number of hydrogen-bond donors (Lipinski definition) is 2. The Hall–Kier alpha value is -2.94. The number of halogens is 1. The fraction of sp³-hybridized carbons (Fsp3) is 0.300. The molecule has 2 N–H and O–H groups in total. The highest BCUT2D eigenvalue weighted by atomic mass is 35.5. The highest BCUT2D eigenvalue weighted by Crippen LogP contribution is 2.25. The molecule has 180 valence electrons. The van der Waals surface area contributed by atoms with Crippen molar-refractivity contribution < 1.29 is 10.2 Å². The highest BCUT2D eigenvalue weighted by Gasteiger charge is 2.27. The van der Waals surface area contributed by atoms with Crippen LogP contribution in [0.4, 0.5) is 0 Å². The average Bonchev–Trinajstić information content (AvgIpc) is 3.43. The lowest BCUT2D eigenvalue weighted by atomic mass is 10.1. The smallest absolute Gasteiger partial charge is 0.113 e. The minimum Gasteiger partial charge on any atom is -0.395 e. The fourth-order valence-corrected chi connectivity index (χ4v) is 4.63. The molecule has 35 heavy (non-hydrogen) atoms. The summed E-state index contributed by atoms with van der Waals surface area (Å²) in [5, 5.41) is 20.0. The zero-order valence-corrected chi connectivity index (χ0v) is 20.5. The second-order valence-corrected chi connectivity index (χ2v) is 9.30. The van der Waals surface area contributed by atoms with Gasteiger partial charge in [0, 0.05) is 34.9 Å². The van der Waals surface area contributed by atoms with Crippen molar-refractivity contribution in [3.8, 4) is 23.0 Å². The summed E-state index contributed by atoms with van der Waals surface area (Å²) < 4.78 is 0. The Morgan fingerprint density at radius 1 is 0.914 bits per heavy atom. The van der Waals surface area contributed by atoms with Gasteiger partial charge in [0.15, 0.2) is 0 Å². The van der Waals surface area contributed by atoms with Gasteiger partial charge in [0.05, 0.1) is 19.3 Å². The lowest BCUT2D eigenvalue weighted by Gasteiger charge is -2.33. The van der Waals surface area contributed by atoms with Gasteiger partial charge in [-0.25, -0.2) is 4.98 Å². The van der Waals surface area contributed by atoms with Crippen LogP contribution in [0.15, 0.2) is 72.9 Å². The van der Waals surface area contributed by atoms with Crippen LogP contribution in [0.2, 0.25) is 5.02 Å². The van der Waals surface area contributed by atoms with Crippen molar-refractivity contribution >= 4 is 17.7 Å². The predicted octanol–water partition coefficient (Wildman–Crippen LogP) is 5.41. The molecule has 0 amide bonds. The molecular formula is C30H31ClN2O2. The number of pyridine rings is 1. The molecule has 0 unspecified atom stereocenters. The maximum absolute atomic E-state index is 9.66. The third-order valence-electron chi connectivity index (χ3n) is 6.50. The summed E-state index contributed by atoms with van der Waals surface area (Å²) in [5.74, 6) is 6.31. The monoisotopic (exact) mass is 486 g/mol. The van der Waals surface area contributed by atoms with Gasteiger partial charge in [0.1, 0.15) is 5.69 Å². The van der Waals surface area contributed by atoms with Crippen molar-refractivity contribution in [2.24, 2.45) is 0 Å². The van der Waals surface area contributed by atoms with E-state index < -0.39 is 0 Å². The van der Waals surface area contributed by atoms with E-state index in [1.54, 1.807) is 0 Å². The standard InChI is InChI=1S/C30H31ClN2O2/c31-27-15-12-25(13-16-27)26-14-18-28(32-20-26)17-11-24-9-7-23(8-10-24)4-3-19-33(30(21-34)22-35)29-5-1-2-6-29/h3-4,7-10,12-16,18,20,29-30,34-35H,1-2,5-6,19,21-22H2. The van der Waals surface area contributed by atoms with Gasteiger partial charge in [-0.15, -0.1) is 0 Å². The highest BCUT2D eigenvalue weighted by molar-refractivity contribution is 6.30. The molecule has 1 aromatic heterocycles. The Morgan fingerprint density at radius 2 is 1.60 bits per heavy atom. The van der Waals surface area contributed by atoms with Crippen LogP contribution < -0.4 is 0 Å². The minimum atomic E-state index is -0.200. The first kappa shape index (κ1) is 25.2. The van der Waals surface area contributed by atoms with Gasteiger partial charge in [-0.05, 0) is 60.2 Å². The summed E-state index contributed by atoms with van der Waals surface area (Å²) >= 11 is 5.96. The van der Waals surface area contributed by atoms with E-state index in [9.17, 15) is 10.2 Å². The number of rotatable bonds is 8. The van der Waals surface area contributed by atoms with Gasteiger partial charge in [-0.3, -0.25) is 4.90 Å². The Balaban J connectivity index is 1.36. The summed E-state index contributed by atoms with van der Waals surface area (Å²) in [4.78, 5) is 6.71. The summed E-state index contributed by atoms with van der Waals surface area (Å²) in [6, 6.07) is 20.0. The molecule has 0 bridgehead atoms. The molecule has 1 aliphatic rings. The summed E-state index contributed by atoms with van der Waals surface area (Å²) in [6.45, 7) is 0.676. The first-order chi connectivity index (χ1) is 17.2. The van der Waals surface area contributed by atoms with E-state index in [1.807, 2.05) is 66.9 Å². The van der Waals surface area contributed by atoms with Crippen molar-refractivity contribution in [2.45, 2.75) is 37.8 Å². The van der Waals surface area contributed by atoms with Crippen molar-refractivity contribution in [1.29, 1.82) is 0 Å². The van der Waals surface area contributed by atoms with E-state index >= 15 is 0 Å². The van der Waals surface area contributed by atoms with E-state index in [-0.39, 0.29) is 19.3 Å². The van der Waals surface area contributed by atoms with E-state index in [0.717, 1.165) is 47.3 Å². The molecule has 0 saturated heterocycles. The van der Waals surface area contributed by atoms with Crippen molar-refractivity contribution in [2.75, 3.05) is 19.8 Å². The van der Waals surface area contributed by atoms with Crippen LogP contribution in [0.5, 0.6) is 0 Å². The van der Waals surface area contributed by atoms with Crippen LogP contribution in [-0.4, -0.2) is 51.9 Å². The number of hydrogen-bond acceptors (Lipinski definition) is 4. The number of aromatic nitrogens is 1. The average molecular weight is 487 g/mol. The van der Waals surface area contributed by atoms with Gasteiger partial charge in [-0.1, -0.05) is 72.8 Å². The van der Waals surface area contributed by atoms with Crippen LogP contribution in [0.25, 0.3) is 17.2 Å². The maximum atomic E-state index is 9.66. The summed E-state index contributed by atoms with van der Waals surface area (Å²) in [7, 11) is 0. The first-order valence-electron chi connectivity index (χ1n) is 12.1. The van der Waals surface area contributed by atoms with Crippen LogP contribution in [0.3, 0.4) is 0 Å². The van der Waals surface area contributed by atoms with E-state index in [1.165, 1.54) is 12.8 Å². The Morgan fingerprint density at radius 3 is 2.23 bits per heavy atom. The van der Waals surface area contributed by atoms with Gasteiger partial charge in [0.2, 0.25) is 0 Å². The molecule has 1 fully saturated rings. The molecule has 3 aromatic rings. The van der Waals surface area contributed by atoms with Crippen LogP contribution in [0.1, 0.15) is 42.5 Å². The molecule has 1 saturated carbocycles. The molecule has 4 nitrogen and oxygen atoms in total. The predicted molar refractivity (Wildman–Crippen MR) is 143 cm³/mol. The number of benzene rings is 2. The van der Waals surface area contributed by atoms with E-state index in [4.69, 9.17) is 11.6 Å². The number of aliphatic hydroxyl groups is 2. The first-order valence-corrected chi connectivity index (χ1v) is 12.5. The quantitative estimate of drug-likeness (QED) is 0.418. The molecule has 5 heteroatoms. The summed E-state index contributed by atoms with van der Waals surface area (Å²) in [5.41, 5.74) is 4.84. The fourth-order valence-electron chi connectivity index (χ4n) is 4.50. The van der Waals surface area contributed by atoms with Crippen molar-refractivity contribution in [3.63, 3.8) is 0 Å². The topological polar surface area (TPSA) is 56.6 Å². The largest absolute Gasteiger partial charge is 0.395 e. The van der Waals surface area contributed by atoms with Crippen molar-refractivity contribution in [3.05, 3.63) is 94.8 Å². The third kappa shape index (κ3) is 7.04.